The van der Waals surface area contributed by atoms with Crippen LogP contribution in [0.2, 0.25) is 0 Å². The van der Waals surface area contributed by atoms with Crippen LogP contribution in [0.4, 0.5) is 0 Å². The largest absolute Gasteiger partial charge is 0.337 e. The SMILES string of the molecule is c1cncc(CCNCCCCn2ccnc2)c1. The van der Waals surface area contributed by atoms with Crippen LogP contribution in [0.15, 0.2) is 43.2 Å². The summed E-state index contributed by atoms with van der Waals surface area (Å²) in [7, 11) is 0. The summed E-state index contributed by atoms with van der Waals surface area (Å²) >= 11 is 0. The van der Waals surface area contributed by atoms with Gasteiger partial charge in [-0.05, 0) is 44.0 Å². The molecule has 18 heavy (non-hydrogen) atoms. The highest BCUT2D eigenvalue weighted by molar-refractivity contribution is 5.08. The molecule has 2 heterocycles. The van der Waals surface area contributed by atoms with E-state index in [4.69, 9.17) is 0 Å². The maximum atomic E-state index is 4.11. The van der Waals surface area contributed by atoms with Crippen LogP contribution < -0.4 is 5.32 Å². The van der Waals surface area contributed by atoms with Gasteiger partial charge >= 0.3 is 0 Å². The number of pyridine rings is 1. The zero-order valence-corrected chi connectivity index (χ0v) is 10.6. The molecule has 2 aromatic heterocycles. The highest BCUT2D eigenvalue weighted by atomic mass is 15.0. The Morgan fingerprint density at radius 1 is 1.11 bits per heavy atom. The molecule has 2 aromatic rings. The summed E-state index contributed by atoms with van der Waals surface area (Å²) in [5.74, 6) is 0. The number of aryl methyl sites for hydroxylation is 1. The molecule has 0 aromatic carbocycles. The van der Waals surface area contributed by atoms with Gasteiger partial charge in [0, 0.05) is 31.3 Å². The molecular formula is C14H20N4. The summed E-state index contributed by atoms with van der Waals surface area (Å²) in [5.41, 5.74) is 1.29. The van der Waals surface area contributed by atoms with Crippen molar-refractivity contribution >= 4 is 0 Å². The molecule has 0 atom stereocenters. The van der Waals surface area contributed by atoms with Crippen molar-refractivity contribution in [2.45, 2.75) is 25.8 Å². The summed E-state index contributed by atoms with van der Waals surface area (Å²) in [6.07, 6.45) is 12.9. The Hall–Kier alpha value is -1.68. The third-order valence-electron chi connectivity index (χ3n) is 2.89. The maximum Gasteiger partial charge on any atom is 0.0945 e. The number of aromatic nitrogens is 3. The lowest BCUT2D eigenvalue weighted by Crippen LogP contribution is -2.18. The minimum Gasteiger partial charge on any atom is -0.337 e. The quantitative estimate of drug-likeness (QED) is 0.721. The van der Waals surface area contributed by atoms with Crippen molar-refractivity contribution in [3.63, 3.8) is 0 Å². The van der Waals surface area contributed by atoms with E-state index >= 15 is 0 Å². The Labute approximate surface area is 108 Å². The van der Waals surface area contributed by atoms with Crippen LogP contribution in [0.3, 0.4) is 0 Å². The number of nitrogens with zero attached hydrogens (tertiary/aromatic N) is 3. The molecule has 0 unspecified atom stereocenters. The molecule has 0 saturated heterocycles. The van der Waals surface area contributed by atoms with Crippen molar-refractivity contribution in [3.05, 3.63) is 48.8 Å². The van der Waals surface area contributed by atoms with E-state index in [-0.39, 0.29) is 0 Å². The van der Waals surface area contributed by atoms with Crippen LogP contribution in [-0.2, 0) is 13.0 Å². The normalized spacial score (nSPS) is 10.7. The van der Waals surface area contributed by atoms with E-state index in [9.17, 15) is 0 Å². The average Bonchev–Trinajstić information content (AvgIpc) is 2.92. The molecule has 1 N–H and O–H groups in total. The fourth-order valence-corrected chi connectivity index (χ4v) is 1.87. The Kier molecular flexibility index (Phi) is 5.40. The predicted octanol–water partition coefficient (Wildman–Crippen LogP) is 1.89. The second-order valence-electron chi connectivity index (χ2n) is 4.37. The van der Waals surface area contributed by atoms with E-state index in [2.05, 4.69) is 25.9 Å². The molecule has 0 aliphatic carbocycles. The number of hydrogen-bond acceptors (Lipinski definition) is 3. The van der Waals surface area contributed by atoms with E-state index in [0.29, 0.717) is 0 Å². The molecule has 0 radical (unpaired) electrons. The number of hydrogen-bond donors (Lipinski definition) is 1. The number of unbranched alkanes of at least 4 members (excludes halogenated alkanes) is 1. The van der Waals surface area contributed by atoms with Gasteiger partial charge in [0.05, 0.1) is 6.33 Å². The Balaban J connectivity index is 1.47. The van der Waals surface area contributed by atoms with E-state index in [1.165, 1.54) is 18.4 Å². The smallest absolute Gasteiger partial charge is 0.0945 e. The molecule has 0 amide bonds. The van der Waals surface area contributed by atoms with Crippen LogP contribution in [-0.4, -0.2) is 27.6 Å². The third kappa shape index (κ3) is 4.67. The third-order valence-corrected chi connectivity index (χ3v) is 2.89. The van der Waals surface area contributed by atoms with Crippen LogP contribution in [0.5, 0.6) is 0 Å². The summed E-state index contributed by atoms with van der Waals surface area (Å²) in [6, 6.07) is 4.11. The minimum atomic E-state index is 1.02. The first-order valence-corrected chi connectivity index (χ1v) is 6.50. The molecule has 0 spiro atoms. The van der Waals surface area contributed by atoms with E-state index in [1.807, 2.05) is 37.2 Å². The summed E-state index contributed by atoms with van der Waals surface area (Å²) < 4.78 is 2.12. The molecule has 0 fully saturated rings. The number of nitrogens with one attached hydrogen (secondary N) is 1. The lowest BCUT2D eigenvalue weighted by Gasteiger charge is -2.05. The predicted molar refractivity (Wildman–Crippen MR) is 72.3 cm³/mol. The van der Waals surface area contributed by atoms with Crippen LogP contribution in [0.1, 0.15) is 18.4 Å². The maximum absolute atomic E-state index is 4.11. The van der Waals surface area contributed by atoms with Crippen LogP contribution in [0.25, 0.3) is 0 Å². The Morgan fingerprint density at radius 2 is 2.11 bits per heavy atom. The van der Waals surface area contributed by atoms with Gasteiger partial charge in [-0.1, -0.05) is 6.07 Å². The van der Waals surface area contributed by atoms with Gasteiger partial charge in [-0.15, -0.1) is 0 Å². The molecule has 0 bridgehead atoms. The van der Waals surface area contributed by atoms with Gasteiger partial charge in [-0.3, -0.25) is 4.98 Å². The molecule has 96 valence electrons. The topological polar surface area (TPSA) is 42.7 Å². The van der Waals surface area contributed by atoms with Crippen molar-refractivity contribution in [3.8, 4) is 0 Å². The fourth-order valence-electron chi connectivity index (χ4n) is 1.87. The first kappa shape index (κ1) is 12.8. The fraction of sp³-hybridized carbons (Fsp3) is 0.429. The summed E-state index contributed by atoms with van der Waals surface area (Å²) in [6.45, 7) is 3.16. The molecule has 4 nitrogen and oxygen atoms in total. The Bertz CT molecular complexity index is 411. The second kappa shape index (κ2) is 7.61. The first-order chi connectivity index (χ1) is 8.95. The van der Waals surface area contributed by atoms with Crippen molar-refractivity contribution in [2.75, 3.05) is 13.1 Å². The first-order valence-electron chi connectivity index (χ1n) is 6.50. The minimum absolute atomic E-state index is 1.02. The van der Waals surface area contributed by atoms with Crippen molar-refractivity contribution in [2.24, 2.45) is 0 Å². The molecule has 4 heteroatoms. The van der Waals surface area contributed by atoms with Crippen LogP contribution in [0, 0.1) is 0 Å². The van der Waals surface area contributed by atoms with Crippen molar-refractivity contribution < 1.29 is 0 Å². The lowest BCUT2D eigenvalue weighted by atomic mass is 10.2. The van der Waals surface area contributed by atoms with Gasteiger partial charge in [0.2, 0.25) is 0 Å². The summed E-state index contributed by atoms with van der Waals surface area (Å²) in [5, 5.41) is 3.46. The Morgan fingerprint density at radius 3 is 2.89 bits per heavy atom. The molecular weight excluding hydrogens is 224 g/mol. The van der Waals surface area contributed by atoms with Gasteiger partial charge in [0.1, 0.15) is 0 Å². The standard InChI is InChI=1S/C14H20N4/c1(2-10-18-11-9-17-13-18)6-15-8-5-14-4-3-7-16-12-14/h3-4,7,9,11-13,15H,1-2,5-6,8,10H2. The molecule has 2 rings (SSSR count). The lowest BCUT2D eigenvalue weighted by molar-refractivity contribution is 0.569. The molecule has 0 saturated carbocycles. The monoisotopic (exact) mass is 244 g/mol. The second-order valence-corrected chi connectivity index (χ2v) is 4.37. The van der Waals surface area contributed by atoms with Crippen molar-refractivity contribution in [1.82, 2.24) is 19.9 Å². The van der Waals surface area contributed by atoms with Gasteiger partial charge in [-0.2, -0.15) is 0 Å². The van der Waals surface area contributed by atoms with Crippen LogP contribution >= 0.6 is 0 Å². The number of rotatable bonds is 8. The highest BCUT2D eigenvalue weighted by Gasteiger charge is 1.93. The highest BCUT2D eigenvalue weighted by Crippen LogP contribution is 1.96. The van der Waals surface area contributed by atoms with Crippen molar-refractivity contribution in [1.29, 1.82) is 0 Å². The van der Waals surface area contributed by atoms with Gasteiger partial charge in [0.25, 0.3) is 0 Å². The van der Waals surface area contributed by atoms with Gasteiger partial charge < -0.3 is 9.88 Å². The zero-order valence-electron chi connectivity index (χ0n) is 10.6. The van der Waals surface area contributed by atoms with Gasteiger partial charge in [-0.25, -0.2) is 4.98 Å². The zero-order chi connectivity index (χ0) is 12.5. The average molecular weight is 244 g/mol. The van der Waals surface area contributed by atoms with E-state index in [0.717, 1.165) is 26.1 Å². The molecule has 0 aliphatic rings. The number of imidazole rings is 1. The molecule has 0 aliphatic heterocycles. The summed E-state index contributed by atoms with van der Waals surface area (Å²) in [4.78, 5) is 8.13. The van der Waals surface area contributed by atoms with E-state index in [1.54, 1.807) is 0 Å². The van der Waals surface area contributed by atoms with Gasteiger partial charge in [0.15, 0.2) is 0 Å². The van der Waals surface area contributed by atoms with E-state index < -0.39 is 0 Å².